The summed E-state index contributed by atoms with van der Waals surface area (Å²) in [6, 6.07) is 48.0. The Labute approximate surface area is 313 Å². The van der Waals surface area contributed by atoms with Crippen molar-refractivity contribution in [2.45, 2.75) is 107 Å². The van der Waals surface area contributed by atoms with E-state index in [-0.39, 0.29) is 59.4 Å². The van der Waals surface area contributed by atoms with Gasteiger partial charge in [0.25, 0.3) is 0 Å². The third kappa shape index (κ3) is 190. The molecule has 4 aromatic rings. The molecule has 0 unspecified atom stereocenters. The van der Waals surface area contributed by atoms with Gasteiger partial charge in [0.15, 0.2) is 0 Å². The average molecular weight is 733 g/mol. The summed E-state index contributed by atoms with van der Waals surface area (Å²) in [6.45, 7) is 12.2. The van der Waals surface area contributed by atoms with Gasteiger partial charge in [-0.05, 0) is 0 Å². The van der Waals surface area contributed by atoms with Gasteiger partial charge in [-0.3, -0.25) is 0 Å². The van der Waals surface area contributed by atoms with Gasteiger partial charge >= 0.3 is 0 Å². The van der Waals surface area contributed by atoms with Crippen LogP contribution in [0.25, 0.3) is 0 Å². The zero-order chi connectivity index (χ0) is 32.7. The van der Waals surface area contributed by atoms with E-state index >= 15 is 0 Å². The number of hydrogen-bond acceptors (Lipinski definition) is 4. The molecular weight excluding hydrogens is 645 g/mol. The molecule has 0 spiro atoms. The molecule has 0 aromatic heterocycles. The second kappa shape index (κ2) is 75.2. The van der Waals surface area contributed by atoms with E-state index in [0.29, 0.717) is 0 Å². The summed E-state index contributed by atoms with van der Waals surface area (Å²) in [5, 5.41) is 0. The Bertz CT molecular complexity index is 827. The third-order valence-electron chi connectivity index (χ3n) is 2.67. The summed E-state index contributed by atoms with van der Waals surface area (Å²) in [6.07, 6.45) is 5.89. The Morgan fingerprint density at radius 1 is 0.265 bits per heavy atom. The topological polar surface area (TPSA) is 68.3 Å². The lowest BCUT2D eigenvalue weighted by Gasteiger charge is -1.69. The van der Waals surface area contributed by atoms with Gasteiger partial charge in [-0.2, -0.15) is 0 Å². The molecule has 0 heterocycles. The van der Waals surface area contributed by atoms with Crippen molar-refractivity contribution in [1.82, 2.24) is 0 Å². The molecule has 0 saturated heterocycles. The van der Waals surface area contributed by atoms with E-state index in [4.69, 9.17) is 0 Å². The Kier molecular flexibility index (Phi) is 131. The number of benzene rings is 4. The van der Waals surface area contributed by atoms with E-state index in [1.165, 1.54) is 6.42 Å². The van der Waals surface area contributed by atoms with Crippen molar-refractivity contribution < 1.29 is 16.8 Å². The smallest absolute Gasteiger partial charge is 0.144 e. The fourth-order valence-corrected chi connectivity index (χ4v) is 1.54. The SMILES string of the molecule is C.C.C.C.C.C.C.C.CC.CC.CCC.CS(C)(=O)=O.CS(C)(=O)=O.c1ccccc1.c1ccccc1.c1ccccc1.c1ccccc1. The summed E-state index contributed by atoms with van der Waals surface area (Å²) >= 11 is 0. The van der Waals surface area contributed by atoms with Crippen molar-refractivity contribution in [3.63, 3.8) is 0 Å². The highest BCUT2D eigenvalue weighted by Gasteiger charge is 1.79. The van der Waals surface area contributed by atoms with E-state index in [9.17, 15) is 16.8 Å². The quantitative estimate of drug-likeness (QED) is 0.180. The van der Waals surface area contributed by atoms with Crippen LogP contribution in [0.15, 0.2) is 146 Å². The predicted octanol–water partition coefficient (Wildman–Crippen LogP) is 14.6. The zero-order valence-corrected chi connectivity index (χ0v) is 28.6. The van der Waals surface area contributed by atoms with Crippen LogP contribution in [0.5, 0.6) is 0 Å². The Balaban J connectivity index is -0.0000000270. The van der Waals surface area contributed by atoms with Crippen LogP contribution in [0.1, 0.15) is 107 Å². The minimum Gasteiger partial charge on any atom is -0.229 e. The van der Waals surface area contributed by atoms with Gasteiger partial charge in [-0.1, -0.05) is 253 Å². The minimum absolute atomic E-state index is 0. The molecule has 0 amide bonds. The Morgan fingerprint density at radius 3 is 0.306 bits per heavy atom. The first kappa shape index (κ1) is 85.4. The van der Waals surface area contributed by atoms with E-state index in [0.717, 1.165) is 25.0 Å². The first-order valence-corrected chi connectivity index (χ1v) is 18.3. The van der Waals surface area contributed by atoms with Crippen molar-refractivity contribution in [1.29, 1.82) is 0 Å². The lowest BCUT2D eigenvalue weighted by atomic mass is 10.4. The maximum atomic E-state index is 9.63. The average Bonchev–Trinajstić information content (AvgIpc) is 2.99. The molecule has 6 heteroatoms. The van der Waals surface area contributed by atoms with Crippen LogP contribution in [-0.2, 0) is 19.7 Å². The van der Waals surface area contributed by atoms with Gasteiger partial charge in [0, 0.05) is 25.0 Å². The van der Waals surface area contributed by atoms with Crippen LogP contribution in [0.4, 0.5) is 0 Å². The first-order chi connectivity index (χ1) is 19.4. The second-order valence-corrected chi connectivity index (χ2v) is 12.2. The summed E-state index contributed by atoms with van der Waals surface area (Å²) in [5.74, 6) is 0. The van der Waals surface area contributed by atoms with Crippen LogP contribution >= 0.6 is 0 Å². The van der Waals surface area contributed by atoms with Crippen molar-refractivity contribution in [2.24, 2.45) is 0 Å². The lowest BCUT2D eigenvalue weighted by Crippen LogP contribution is -1.86. The Hall–Kier alpha value is -3.22. The molecule has 296 valence electrons. The number of sulfone groups is 2. The minimum atomic E-state index is -2.67. The molecule has 4 nitrogen and oxygen atoms in total. The zero-order valence-electron chi connectivity index (χ0n) is 27.0. The number of rotatable bonds is 0. The van der Waals surface area contributed by atoms with E-state index in [2.05, 4.69) is 13.8 Å². The molecule has 49 heavy (non-hydrogen) atoms. The van der Waals surface area contributed by atoms with Crippen molar-refractivity contribution in [2.75, 3.05) is 25.0 Å². The molecule has 0 N–H and O–H groups in total. The summed E-state index contributed by atoms with van der Waals surface area (Å²) in [5.41, 5.74) is 0. The Morgan fingerprint density at radius 2 is 0.286 bits per heavy atom. The van der Waals surface area contributed by atoms with Crippen LogP contribution in [-0.4, -0.2) is 41.9 Å². The monoisotopic (exact) mass is 733 g/mol. The standard InChI is InChI=1S/4C6H6.C3H8.2C2H6O2S.2C2H6.8CH4/c4*1-2-4-6-5-3-1;1-3-2;2*1-5(2,3)4;2*1-2;;;;;;;;/h4*1-6H;3H2,1-2H3;2*1-2H3;2*1-2H3;8*1H4. The van der Waals surface area contributed by atoms with Crippen LogP contribution in [0.3, 0.4) is 0 Å². The van der Waals surface area contributed by atoms with Gasteiger partial charge < -0.3 is 0 Å². The van der Waals surface area contributed by atoms with E-state index in [1.807, 2.05) is 173 Å². The van der Waals surface area contributed by atoms with Crippen LogP contribution in [0.2, 0.25) is 0 Å². The molecule has 4 rings (SSSR count). The highest BCUT2D eigenvalue weighted by Crippen LogP contribution is 1.81. The fourth-order valence-electron chi connectivity index (χ4n) is 1.54. The van der Waals surface area contributed by atoms with Crippen molar-refractivity contribution >= 4 is 19.7 Å². The molecule has 0 bridgehead atoms. The maximum absolute atomic E-state index is 9.63. The van der Waals surface area contributed by atoms with Crippen molar-refractivity contribution in [3.05, 3.63) is 146 Å². The van der Waals surface area contributed by atoms with Gasteiger partial charge in [0.05, 0.1) is 0 Å². The van der Waals surface area contributed by atoms with Crippen LogP contribution < -0.4 is 0 Å². The largest absolute Gasteiger partial charge is 0.229 e. The summed E-state index contributed by atoms with van der Waals surface area (Å²) < 4.78 is 38.5. The van der Waals surface area contributed by atoms with Crippen molar-refractivity contribution in [3.8, 4) is 0 Å². The lowest BCUT2D eigenvalue weighted by molar-refractivity contribution is 0.605. The van der Waals surface area contributed by atoms with Gasteiger partial charge in [0.1, 0.15) is 19.7 Å². The van der Waals surface area contributed by atoms with Gasteiger partial charge in [0.2, 0.25) is 0 Å². The van der Waals surface area contributed by atoms with Gasteiger partial charge in [-0.15, -0.1) is 0 Å². The fraction of sp³-hybridized carbons (Fsp3) is 0.442. The predicted molar refractivity (Wildman–Crippen MR) is 240 cm³/mol. The third-order valence-corrected chi connectivity index (χ3v) is 2.67. The molecule has 0 aliphatic carbocycles. The van der Waals surface area contributed by atoms with E-state index < -0.39 is 19.7 Å². The summed E-state index contributed by atoms with van der Waals surface area (Å²) in [4.78, 5) is 0. The highest BCUT2D eigenvalue weighted by atomic mass is 32.2. The van der Waals surface area contributed by atoms with Crippen LogP contribution in [0, 0.1) is 0 Å². The van der Waals surface area contributed by atoms with Gasteiger partial charge in [-0.25, -0.2) is 16.8 Å². The summed E-state index contributed by atoms with van der Waals surface area (Å²) in [7, 11) is -5.33. The molecular formula is C43H88O4S2. The normalized spacial score (nSPS) is 6.90. The molecule has 0 radical (unpaired) electrons. The molecule has 0 aliphatic heterocycles. The molecule has 0 atom stereocenters. The first-order valence-electron chi connectivity index (χ1n) is 13.7. The molecule has 0 fully saturated rings. The van der Waals surface area contributed by atoms with E-state index in [1.54, 1.807) is 0 Å². The maximum Gasteiger partial charge on any atom is 0.144 e. The molecule has 4 aromatic carbocycles. The molecule has 0 saturated carbocycles. The number of hydrogen-bond donors (Lipinski definition) is 0. The molecule has 0 aliphatic rings. The second-order valence-electron chi connectivity index (χ2n) is 7.61. The highest BCUT2D eigenvalue weighted by molar-refractivity contribution is 7.90.